The molecule has 4 nitrogen and oxygen atoms in total. The van der Waals surface area contributed by atoms with Gasteiger partial charge in [-0.15, -0.1) is 0 Å². The normalized spacial score (nSPS) is 12.7. The number of pyridine rings is 1. The zero-order valence-corrected chi connectivity index (χ0v) is 25.8. The summed E-state index contributed by atoms with van der Waals surface area (Å²) in [6.45, 7) is 4.53. The molecule has 0 radical (unpaired) electrons. The highest BCUT2D eigenvalue weighted by Crippen LogP contribution is 2.52. The molecule has 1 aliphatic carbocycles. The predicted octanol–water partition coefficient (Wildman–Crippen LogP) is 10.6. The summed E-state index contributed by atoms with van der Waals surface area (Å²) in [5.41, 5.74) is 12.2. The van der Waals surface area contributed by atoms with Crippen molar-refractivity contribution in [3.05, 3.63) is 169 Å². The van der Waals surface area contributed by atoms with Crippen molar-refractivity contribution >= 4 is 17.1 Å². The van der Waals surface area contributed by atoms with Gasteiger partial charge in [-0.05, 0) is 47.0 Å². The van der Waals surface area contributed by atoms with Gasteiger partial charge in [0.05, 0.1) is 29.0 Å². The molecule has 2 aromatic heterocycles. The van der Waals surface area contributed by atoms with E-state index in [9.17, 15) is 0 Å². The van der Waals surface area contributed by atoms with Gasteiger partial charge in [-0.2, -0.15) is 0 Å². The highest BCUT2D eigenvalue weighted by Gasteiger charge is 2.41. The van der Waals surface area contributed by atoms with Crippen molar-refractivity contribution in [3.8, 4) is 45.2 Å². The predicted molar refractivity (Wildman–Crippen MR) is 188 cm³/mol. The van der Waals surface area contributed by atoms with Gasteiger partial charge < -0.3 is 4.90 Å². The van der Waals surface area contributed by atoms with Crippen molar-refractivity contribution < 1.29 is 0 Å². The highest BCUT2D eigenvalue weighted by molar-refractivity contribution is 5.87. The first kappa shape index (κ1) is 27.7. The molecule has 0 amide bonds. The number of aromatic nitrogens is 3. The molecule has 0 spiro atoms. The van der Waals surface area contributed by atoms with E-state index in [2.05, 4.69) is 140 Å². The van der Waals surface area contributed by atoms with E-state index in [1.807, 2.05) is 36.5 Å². The first-order chi connectivity index (χ1) is 22.6. The van der Waals surface area contributed by atoms with Crippen molar-refractivity contribution in [1.29, 1.82) is 0 Å². The Morgan fingerprint density at radius 2 is 0.957 bits per heavy atom. The lowest BCUT2D eigenvalue weighted by Gasteiger charge is -2.28. The minimum absolute atomic E-state index is 0.381. The average molecular weight is 593 g/mol. The molecule has 0 aliphatic heterocycles. The molecule has 4 heteroatoms. The van der Waals surface area contributed by atoms with Crippen LogP contribution >= 0.6 is 0 Å². The monoisotopic (exact) mass is 592 g/mol. The van der Waals surface area contributed by atoms with Gasteiger partial charge in [0.25, 0.3) is 0 Å². The molecule has 8 rings (SSSR count). The minimum Gasteiger partial charge on any atom is -0.309 e. The first-order valence-electron chi connectivity index (χ1n) is 15.6. The third-order valence-corrected chi connectivity index (χ3v) is 8.89. The Balaban J connectivity index is 1.29. The summed E-state index contributed by atoms with van der Waals surface area (Å²) in [4.78, 5) is 17.8. The largest absolute Gasteiger partial charge is 0.309 e. The quantitative estimate of drug-likeness (QED) is 0.193. The SMILES string of the molecule is CC1(C)c2cc(N(c3ccccc3)c3ccc(-c4ccccc4)cc3)cnc2-c2nc(-c3ccccc3)nc(-c3ccccc3)c21. The topological polar surface area (TPSA) is 41.9 Å². The van der Waals surface area contributed by atoms with E-state index >= 15 is 0 Å². The molecule has 46 heavy (non-hydrogen) atoms. The van der Waals surface area contributed by atoms with Crippen LogP contribution in [0.4, 0.5) is 17.1 Å². The maximum atomic E-state index is 5.20. The second-order valence-corrected chi connectivity index (χ2v) is 12.2. The molecule has 0 bridgehead atoms. The maximum absolute atomic E-state index is 5.20. The molecule has 7 aromatic rings. The molecule has 0 saturated heterocycles. The van der Waals surface area contributed by atoms with Gasteiger partial charge in [0.15, 0.2) is 5.82 Å². The smallest absolute Gasteiger partial charge is 0.160 e. The number of rotatable bonds is 6. The lowest BCUT2D eigenvalue weighted by Crippen LogP contribution is -2.18. The van der Waals surface area contributed by atoms with Crippen molar-refractivity contribution in [1.82, 2.24) is 15.0 Å². The number of anilines is 3. The third kappa shape index (κ3) is 4.76. The maximum Gasteiger partial charge on any atom is 0.160 e. The number of hydrogen-bond acceptors (Lipinski definition) is 4. The van der Waals surface area contributed by atoms with Crippen LogP contribution in [0, 0.1) is 0 Å². The van der Waals surface area contributed by atoms with Crippen LogP contribution in [0.3, 0.4) is 0 Å². The molecule has 0 saturated carbocycles. The van der Waals surface area contributed by atoms with Crippen LogP contribution in [0.15, 0.2) is 158 Å². The van der Waals surface area contributed by atoms with Crippen LogP contribution in [0.1, 0.15) is 25.0 Å². The van der Waals surface area contributed by atoms with Crippen molar-refractivity contribution in [2.45, 2.75) is 19.3 Å². The van der Waals surface area contributed by atoms with Crippen LogP contribution in [0.2, 0.25) is 0 Å². The van der Waals surface area contributed by atoms with Crippen molar-refractivity contribution in [2.75, 3.05) is 4.90 Å². The van der Waals surface area contributed by atoms with E-state index in [0.29, 0.717) is 5.82 Å². The second-order valence-electron chi connectivity index (χ2n) is 12.2. The first-order valence-corrected chi connectivity index (χ1v) is 15.6. The van der Waals surface area contributed by atoms with E-state index in [0.717, 1.165) is 56.4 Å². The Morgan fingerprint density at radius 3 is 1.59 bits per heavy atom. The van der Waals surface area contributed by atoms with Crippen molar-refractivity contribution in [2.24, 2.45) is 0 Å². The van der Waals surface area contributed by atoms with Gasteiger partial charge in [-0.25, -0.2) is 9.97 Å². The average Bonchev–Trinajstić information content (AvgIpc) is 3.35. The Morgan fingerprint density at radius 1 is 0.457 bits per heavy atom. The Kier molecular flexibility index (Phi) is 6.76. The summed E-state index contributed by atoms with van der Waals surface area (Å²) in [7, 11) is 0. The van der Waals surface area contributed by atoms with E-state index in [4.69, 9.17) is 15.0 Å². The van der Waals surface area contributed by atoms with Gasteiger partial charge in [-0.1, -0.05) is 135 Å². The van der Waals surface area contributed by atoms with Crippen LogP contribution in [-0.4, -0.2) is 15.0 Å². The van der Waals surface area contributed by atoms with Gasteiger partial charge >= 0.3 is 0 Å². The van der Waals surface area contributed by atoms with Crippen LogP contribution in [-0.2, 0) is 5.41 Å². The fraction of sp³-hybridized carbons (Fsp3) is 0.0714. The Hall–Kier alpha value is -5.87. The number of benzene rings is 5. The van der Waals surface area contributed by atoms with Crippen LogP contribution in [0.5, 0.6) is 0 Å². The third-order valence-electron chi connectivity index (χ3n) is 8.89. The van der Waals surface area contributed by atoms with E-state index in [-0.39, 0.29) is 5.41 Å². The fourth-order valence-corrected chi connectivity index (χ4v) is 6.58. The number of hydrogen-bond donors (Lipinski definition) is 0. The summed E-state index contributed by atoms with van der Waals surface area (Å²) >= 11 is 0. The minimum atomic E-state index is -0.381. The van der Waals surface area contributed by atoms with Crippen LogP contribution < -0.4 is 4.90 Å². The van der Waals surface area contributed by atoms with E-state index < -0.39 is 0 Å². The summed E-state index contributed by atoms with van der Waals surface area (Å²) in [6.07, 6.45) is 1.98. The Labute approximate surface area is 269 Å². The second kappa shape index (κ2) is 11.2. The standard InChI is InChI=1S/C42H32N4/c1-42(2)36-27-35(46(33-21-13-6-14-22-33)34-25-23-30(24-26-34)29-15-7-3-8-16-29)28-43-39(36)40-37(42)38(31-17-9-4-10-18-31)44-41(45-40)32-19-11-5-12-20-32/h3-28H,1-2H3. The fourth-order valence-electron chi connectivity index (χ4n) is 6.58. The van der Waals surface area contributed by atoms with Gasteiger partial charge in [0, 0.05) is 33.5 Å². The zero-order chi connectivity index (χ0) is 31.1. The summed E-state index contributed by atoms with van der Waals surface area (Å²) in [6, 6.07) is 52.7. The van der Waals surface area contributed by atoms with E-state index in [1.165, 1.54) is 11.1 Å². The molecule has 0 fully saturated rings. The van der Waals surface area contributed by atoms with Crippen LogP contribution in [0.25, 0.3) is 45.2 Å². The number of para-hydroxylation sites is 1. The number of fused-ring (bicyclic) bond motifs is 3. The molecule has 0 atom stereocenters. The molecule has 2 heterocycles. The summed E-state index contributed by atoms with van der Waals surface area (Å²) < 4.78 is 0. The summed E-state index contributed by atoms with van der Waals surface area (Å²) in [5, 5.41) is 0. The molecular formula is C42H32N4. The Bertz CT molecular complexity index is 2140. The van der Waals surface area contributed by atoms with Gasteiger partial charge in [0.2, 0.25) is 0 Å². The molecular weight excluding hydrogens is 560 g/mol. The molecule has 1 aliphatic rings. The van der Waals surface area contributed by atoms with E-state index in [1.54, 1.807) is 0 Å². The molecule has 220 valence electrons. The molecule has 5 aromatic carbocycles. The lowest BCUT2D eigenvalue weighted by atomic mass is 9.81. The lowest BCUT2D eigenvalue weighted by molar-refractivity contribution is 0.656. The van der Waals surface area contributed by atoms with Gasteiger partial charge in [-0.3, -0.25) is 4.98 Å². The highest BCUT2D eigenvalue weighted by atomic mass is 15.1. The van der Waals surface area contributed by atoms with Gasteiger partial charge in [0.1, 0.15) is 0 Å². The molecule has 0 N–H and O–H groups in total. The van der Waals surface area contributed by atoms with Crippen molar-refractivity contribution in [3.63, 3.8) is 0 Å². The summed E-state index contributed by atoms with van der Waals surface area (Å²) in [5.74, 6) is 0.706. The molecule has 0 unspecified atom stereocenters. The number of nitrogens with zero attached hydrogens (tertiary/aromatic N) is 4. The zero-order valence-electron chi connectivity index (χ0n) is 25.8.